The van der Waals surface area contributed by atoms with E-state index in [0.29, 0.717) is 12.6 Å². The van der Waals surface area contributed by atoms with E-state index in [1.54, 1.807) is 0 Å². The Morgan fingerprint density at radius 1 is 1.08 bits per heavy atom. The van der Waals surface area contributed by atoms with Gasteiger partial charge >= 0.3 is 6.03 Å². The predicted octanol–water partition coefficient (Wildman–Crippen LogP) is 1.75. The molecule has 0 spiro atoms. The molecule has 0 aliphatic carbocycles. The Bertz CT molecular complexity index is 562. The molecule has 2 amide bonds. The molecule has 2 heterocycles. The SMILES string of the molecule is CN(C)Cc1ccc(CNC(=O)N2CCN(C3CCOCC3)CC2)cc1. The van der Waals surface area contributed by atoms with E-state index < -0.39 is 0 Å². The van der Waals surface area contributed by atoms with E-state index in [4.69, 9.17) is 4.74 Å². The number of urea groups is 1. The van der Waals surface area contributed by atoms with Crippen molar-refractivity contribution in [2.24, 2.45) is 0 Å². The van der Waals surface area contributed by atoms with Gasteiger partial charge in [-0.25, -0.2) is 4.79 Å². The molecule has 2 aliphatic heterocycles. The molecular weight excluding hydrogens is 328 g/mol. The van der Waals surface area contributed by atoms with Crippen LogP contribution in [0.5, 0.6) is 0 Å². The van der Waals surface area contributed by atoms with Crippen LogP contribution < -0.4 is 5.32 Å². The van der Waals surface area contributed by atoms with Gasteiger partial charge in [-0.1, -0.05) is 24.3 Å². The van der Waals surface area contributed by atoms with E-state index in [-0.39, 0.29) is 6.03 Å². The zero-order valence-electron chi connectivity index (χ0n) is 16.1. The molecule has 1 aromatic rings. The first-order valence-electron chi connectivity index (χ1n) is 9.69. The number of hydrogen-bond donors (Lipinski definition) is 1. The average Bonchev–Trinajstić information content (AvgIpc) is 2.67. The largest absolute Gasteiger partial charge is 0.381 e. The fourth-order valence-electron chi connectivity index (χ4n) is 3.76. The van der Waals surface area contributed by atoms with Crippen molar-refractivity contribution in [2.75, 3.05) is 53.5 Å². The van der Waals surface area contributed by atoms with Crippen molar-refractivity contribution >= 4 is 6.03 Å². The zero-order chi connectivity index (χ0) is 18.4. The van der Waals surface area contributed by atoms with Crippen molar-refractivity contribution in [2.45, 2.75) is 32.0 Å². The van der Waals surface area contributed by atoms with Crippen molar-refractivity contribution in [3.63, 3.8) is 0 Å². The summed E-state index contributed by atoms with van der Waals surface area (Å²) in [6.07, 6.45) is 2.24. The second-order valence-electron chi connectivity index (χ2n) is 7.58. The first-order valence-corrected chi connectivity index (χ1v) is 9.69. The molecule has 0 atom stereocenters. The van der Waals surface area contributed by atoms with Gasteiger partial charge in [-0.3, -0.25) is 4.90 Å². The Kier molecular flexibility index (Phi) is 6.88. The van der Waals surface area contributed by atoms with Crippen molar-refractivity contribution in [1.82, 2.24) is 20.0 Å². The van der Waals surface area contributed by atoms with Crippen LogP contribution in [0.1, 0.15) is 24.0 Å². The van der Waals surface area contributed by atoms with Crippen LogP contribution in [-0.2, 0) is 17.8 Å². The Labute approximate surface area is 157 Å². The molecule has 1 aromatic carbocycles. The molecular formula is C20H32N4O2. The maximum Gasteiger partial charge on any atom is 0.317 e. The van der Waals surface area contributed by atoms with Crippen LogP contribution in [0.4, 0.5) is 4.79 Å². The molecule has 26 heavy (non-hydrogen) atoms. The van der Waals surface area contributed by atoms with Crippen LogP contribution >= 0.6 is 0 Å². The third-order valence-electron chi connectivity index (χ3n) is 5.27. The number of carbonyl (C=O) groups excluding carboxylic acids is 1. The lowest BCUT2D eigenvalue weighted by Gasteiger charge is -2.40. The van der Waals surface area contributed by atoms with Crippen LogP contribution in [0.3, 0.4) is 0 Å². The van der Waals surface area contributed by atoms with E-state index in [2.05, 4.69) is 53.5 Å². The lowest BCUT2D eigenvalue weighted by Crippen LogP contribution is -2.54. The van der Waals surface area contributed by atoms with E-state index >= 15 is 0 Å². The van der Waals surface area contributed by atoms with Gasteiger partial charge in [0, 0.05) is 58.5 Å². The third kappa shape index (κ3) is 5.43. The quantitative estimate of drug-likeness (QED) is 0.869. The number of nitrogens with zero attached hydrogens (tertiary/aromatic N) is 3. The molecule has 0 unspecified atom stereocenters. The van der Waals surface area contributed by atoms with Crippen LogP contribution in [0.15, 0.2) is 24.3 Å². The van der Waals surface area contributed by atoms with Gasteiger partial charge in [0.2, 0.25) is 0 Å². The minimum absolute atomic E-state index is 0.0500. The summed E-state index contributed by atoms with van der Waals surface area (Å²) in [7, 11) is 4.13. The smallest absolute Gasteiger partial charge is 0.317 e. The number of ether oxygens (including phenoxy) is 1. The summed E-state index contributed by atoms with van der Waals surface area (Å²) in [5.74, 6) is 0. The van der Waals surface area contributed by atoms with Crippen LogP contribution in [0.25, 0.3) is 0 Å². The van der Waals surface area contributed by atoms with Gasteiger partial charge in [-0.2, -0.15) is 0 Å². The molecule has 2 fully saturated rings. The number of carbonyl (C=O) groups is 1. The molecule has 0 saturated carbocycles. The number of piperazine rings is 1. The Balaban J connectivity index is 1.40. The summed E-state index contributed by atoms with van der Waals surface area (Å²) < 4.78 is 5.45. The highest BCUT2D eigenvalue weighted by Gasteiger charge is 2.27. The molecule has 144 valence electrons. The zero-order valence-corrected chi connectivity index (χ0v) is 16.1. The van der Waals surface area contributed by atoms with Gasteiger partial charge in [0.05, 0.1) is 0 Å². The minimum atomic E-state index is 0.0500. The Morgan fingerprint density at radius 2 is 1.69 bits per heavy atom. The van der Waals surface area contributed by atoms with Gasteiger partial charge in [-0.15, -0.1) is 0 Å². The standard InChI is InChI=1S/C20H32N4O2/c1-22(2)16-18-5-3-17(4-6-18)15-21-20(25)24-11-9-23(10-12-24)19-7-13-26-14-8-19/h3-6,19H,7-16H2,1-2H3,(H,21,25). The highest BCUT2D eigenvalue weighted by Crippen LogP contribution is 2.16. The van der Waals surface area contributed by atoms with Gasteiger partial charge in [0.1, 0.15) is 0 Å². The fourth-order valence-corrected chi connectivity index (χ4v) is 3.76. The second kappa shape index (κ2) is 9.35. The van der Waals surface area contributed by atoms with E-state index in [1.165, 1.54) is 5.56 Å². The number of benzene rings is 1. The molecule has 0 bridgehead atoms. The molecule has 2 aliphatic rings. The number of rotatable bonds is 5. The van der Waals surface area contributed by atoms with Gasteiger partial charge in [0.25, 0.3) is 0 Å². The lowest BCUT2D eigenvalue weighted by molar-refractivity contribution is 0.0187. The highest BCUT2D eigenvalue weighted by atomic mass is 16.5. The summed E-state index contributed by atoms with van der Waals surface area (Å²) in [6, 6.07) is 9.15. The Hall–Kier alpha value is -1.63. The Morgan fingerprint density at radius 3 is 2.31 bits per heavy atom. The van der Waals surface area contributed by atoms with Crippen molar-refractivity contribution < 1.29 is 9.53 Å². The summed E-state index contributed by atoms with van der Waals surface area (Å²) in [6.45, 7) is 6.83. The first kappa shape index (κ1) is 19.1. The van der Waals surface area contributed by atoms with E-state index in [0.717, 1.165) is 64.3 Å². The van der Waals surface area contributed by atoms with Crippen molar-refractivity contribution in [3.05, 3.63) is 35.4 Å². The maximum atomic E-state index is 12.4. The van der Waals surface area contributed by atoms with Crippen LogP contribution in [0.2, 0.25) is 0 Å². The summed E-state index contributed by atoms with van der Waals surface area (Å²) in [5, 5.41) is 3.06. The molecule has 1 N–H and O–H groups in total. The van der Waals surface area contributed by atoms with E-state index in [9.17, 15) is 4.79 Å². The van der Waals surface area contributed by atoms with Crippen LogP contribution in [0, 0.1) is 0 Å². The summed E-state index contributed by atoms with van der Waals surface area (Å²) >= 11 is 0. The van der Waals surface area contributed by atoms with E-state index in [1.807, 2.05) is 4.90 Å². The van der Waals surface area contributed by atoms with Gasteiger partial charge in [-0.05, 0) is 38.1 Å². The normalized spacial score (nSPS) is 19.7. The molecule has 3 rings (SSSR count). The fraction of sp³-hybridized carbons (Fsp3) is 0.650. The van der Waals surface area contributed by atoms with Crippen molar-refractivity contribution in [3.8, 4) is 0 Å². The van der Waals surface area contributed by atoms with Gasteiger partial charge < -0.3 is 19.9 Å². The third-order valence-corrected chi connectivity index (χ3v) is 5.27. The molecule has 6 heteroatoms. The maximum absolute atomic E-state index is 12.4. The lowest BCUT2D eigenvalue weighted by atomic mass is 10.1. The average molecular weight is 361 g/mol. The number of hydrogen-bond acceptors (Lipinski definition) is 4. The van der Waals surface area contributed by atoms with Crippen LogP contribution in [-0.4, -0.2) is 80.3 Å². The second-order valence-corrected chi connectivity index (χ2v) is 7.58. The summed E-state index contributed by atoms with van der Waals surface area (Å²) in [4.78, 5) is 19.1. The predicted molar refractivity (Wildman–Crippen MR) is 103 cm³/mol. The molecule has 0 aromatic heterocycles. The molecule has 2 saturated heterocycles. The highest BCUT2D eigenvalue weighted by molar-refractivity contribution is 5.74. The number of nitrogens with one attached hydrogen (secondary N) is 1. The topological polar surface area (TPSA) is 48.1 Å². The molecule has 6 nitrogen and oxygen atoms in total. The van der Waals surface area contributed by atoms with Crippen molar-refractivity contribution in [1.29, 1.82) is 0 Å². The first-order chi connectivity index (χ1) is 12.6. The molecule has 0 radical (unpaired) electrons. The monoisotopic (exact) mass is 360 g/mol. The number of amides is 2. The van der Waals surface area contributed by atoms with Gasteiger partial charge in [0.15, 0.2) is 0 Å². The minimum Gasteiger partial charge on any atom is -0.381 e. The summed E-state index contributed by atoms with van der Waals surface area (Å²) in [5.41, 5.74) is 2.43.